The third-order valence-electron chi connectivity index (χ3n) is 1.54. The number of carbonyl (C=O) groups excluding carboxylic acids is 2. The summed E-state index contributed by atoms with van der Waals surface area (Å²) in [5, 5.41) is 10.3. The van der Waals surface area contributed by atoms with Crippen molar-refractivity contribution in [1.82, 2.24) is 0 Å². The molecule has 0 aliphatic heterocycles. The molecule has 14 heavy (non-hydrogen) atoms. The second kappa shape index (κ2) is 5.80. The summed E-state index contributed by atoms with van der Waals surface area (Å²) in [4.78, 5) is 21.2. The summed E-state index contributed by atoms with van der Waals surface area (Å²) in [7, 11) is 1.26. The second-order valence-corrected chi connectivity index (χ2v) is 2.36. The van der Waals surface area contributed by atoms with Crippen molar-refractivity contribution in [3.8, 4) is 0 Å². The van der Waals surface area contributed by atoms with Crippen molar-refractivity contribution < 1.29 is 49.0 Å². The number of carboxylic acid groups (broad SMARTS) is 1. The summed E-state index contributed by atoms with van der Waals surface area (Å²) >= 11 is 0. The summed E-state index contributed by atoms with van der Waals surface area (Å²) in [5.41, 5.74) is 0.347. The fraction of sp³-hybridized carbons (Fsp3) is 0.111. The largest absolute Gasteiger partial charge is 1.00 e. The molecule has 0 atom stereocenters. The SMILES string of the molecule is COC(=O)c1ccc(C(=O)[O-])cc1.[Na+]. The Morgan fingerprint density at radius 3 is 1.93 bits per heavy atom. The van der Waals surface area contributed by atoms with Crippen molar-refractivity contribution >= 4 is 11.9 Å². The van der Waals surface area contributed by atoms with Crippen molar-refractivity contribution in [2.45, 2.75) is 0 Å². The van der Waals surface area contributed by atoms with E-state index in [0.717, 1.165) is 0 Å². The van der Waals surface area contributed by atoms with Crippen molar-refractivity contribution in [3.05, 3.63) is 35.4 Å². The Labute approximate surface area is 103 Å². The number of esters is 1. The van der Waals surface area contributed by atoms with Gasteiger partial charge in [-0.05, 0) is 17.7 Å². The summed E-state index contributed by atoms with van der Waals surface area (Å²) in [5.74, 6) is -1.76. The van der Waals surface area contributed by atoms with Gasteiger partial charge in [0, 0.05) is 0 Å². The minimum Gasteiger partial charge on any atom is -0.545 e. The number of methoxy groups -OCH3 is 1. The van der Waals surface area contributed by atoms with Gasteiger partial charge in [0.15, 0.2) is 0 Å². The van der Waals surface area contributed by atoms with Gasteiger partial charge in [-0.15, -0.1) is 0 Å². The van der Waals surface area contributed by atoms with E-state index in [0.29, 0.717) is 5.56 Å². The molecule has 0 radical (unpaired) electrons. The molecule has 68 valence electrons. The van der Waals surface area contributed by atoms with Gasteiger partial charge in [-0.1, -0.05) is 12.1 Å². The van der Waals surface area contributed by atoms with Crippen molar-refractivity contribution in [1.29, 1.82) is 0 Å². The Hall–Kier alpha value is -0.840. The van der Waals surface area contributed by atoms with Crippen LogP contribution in [0.15, 0.2) is 24.3 Å². The molecule has 5 heteroatoms. The van der Waals surface area contributed by atoms with Gasteiger partial charge in [0.05, 0.1) is 18.6 Å². The molecule has 1 aromatic rings. The van der Waals surface area contributed by atoms with Crippen LogP contribution in [0.1, 0.15) is 20.7 Å². The molecule has 0 heterocycles. The predicted octanol–water partition coefficient (Wildman–Crippen LogP) is -3.16. The molecule has 0 aliphatic carbocycles. The van der Waals surface area contributed by atoms with Gasteiger partial charge in [-0.3, -0.25) is 0 Å². The Kier molecular flexibility index (Phi) is 5.45. The number of hydrogen-bond donors (Lipinski definition) is 0. The van der Waals surface area contributed by atoms with E-state index in [4.69, 9.17) is 0 Å². The molecule has 0 unspecified atom stereocenters. The van der Waals surface area contributed by atoms with Crippen LogP contribution in [0.2, 0.25) is 0 Å². The van der Waals surface area contributed by atoms with Gasteiger partial charge >= 0.3 is 35.5 Å². The van der Waals surface area contributed by atoms with Crippen molar-refractivity contribution in [3.63, 3.8) is 0 Å². The Balaban J connectivity index is 0.00000169. The van der Waals surface area contributed by atoms with Crippen LogP contribution in [-0.2, 0) is 4.74 Å². The van der Waals surface area contributed by atoms with Crippen molar-refractivity contribution in [2.24, 2.45) is 0 Å². The minimum atomic E-state index is -1.27. The normalized spacial score (nSPS) is 8.64. The molecule has 0 aromatic heterocycles. The number of benzene rings is 1. The van der Waals surface area contributed by atoms with Crippen molar-refractivity contribution in [2.75, 3.05) is 7.11 Å². The Bertz CT molecular complexity index is 331. The van der Waals surface area contributed by atoms with Gasteiger partial charge in [0.1, 0.15) is 0 Å². The quantitative estimate of drug-likeness (QED) is 0.375. The average Bonchev–Trinajstić information content (AvgIpc) is 2.17. The monoisotopic (exact) mass is 202 g/mol. The summed E-state index contributed by atoms with van der Waals surface area (Å²) in [6.45, 7) is 0. The van der Waals surface area contributed by atoms with Gasteiger partial charge in [-0.25, -0.2) is 4.79 Å². The molecular formula is C9H7NaO4. The number of carboxylic acids is 1. The maximum absolute atomic E-state index is 10.9. The number of rotatable bonds is 2. The standard InChI is InChI=1S/C9H8O4.Na/c1-13-9(12)7-4-2-6(3-5-7)8(10)11;/h2-5H,1H3,(H,10,11);/q;+1/p-1. The summed E-state index contributed by atoms with van der Waals surface area (Å²) in [6, 6.07) is 5.33. The first-order valence-electron chi connectivity index (χ1n) is 3.55. The molecule has 0 fully saturated rings. The van der Waals surface area contributed by atoms with E-state index in [1.807, 2.05) is 0 Å². The molecule has 0 bridgehead atoms. The number of ether oxygens (including phenoxy) is 1. The third kappa shape index (κ3) is 3.14. The van der Waals surface area contributed by atoms with E-state index in [-0.39, 0.29) is 35.1 Å². The molecule has 0 N–H and O–H groups in total. The second-order valence-electron chi connectivity index (χ2n) is 2.36. The molecular weight excluding hydrogens is 195 g/mol. The molecule has 1 rings (SSSR count). The topological polar surface area (TPSA) is 66.4 Å². The Morgan fingerprint density at radius 2 is 1.57 bits per heavy atom. The first-order valence-corrected chi connectivity index (χ1v) is 3.55. The maximum atomic E-state index is 10.9. The van der Waals surface area contributed by atoms with Crippen LogP contribution in [0, 0.1) is 0 Å². The molecule has 0 saturated carbocycles. The maximum Gasteiger partial charge on any atom is 1.00 e. The summed E-state index contributed by atoms with van der Waals surface area (Å²) < 4.78 is 4.43. The van der Waals surface area contributed by atoms with E-state index >= 15 is 0 Å². The molecule has 1 aromatic carbocycles. The van der Waals surface area contributed by atoms with Crippen LogP contribution in [0.25, 0.3) is 0 Å². The first kappa shape index (κ1) is 13.2. The first-order chi connectivity index (χ1) is 6.15. The van der Waals surface area contributed by atoms with Crippen LogP contribution in [0.4, 0.5) is 0 Å². The Morgan fingerprint density at radius 1 is 1.14 bits per heavy atom. The van der Waals surface area contributed by atoms with E-state index in [1.165, 1.54) is 31.4 Å². The number of aromatic carboxylic acids is 1. The predicted molar refractivity (Wildman–Crippen MR) is 42.1 cm³/mol. The van der Waals surface area contributed by atoms with E-state index in [9.17, 15) is 14.7 Å². The van der Waals surface area contributed by atoms with Crippen LogP contribution in [0.3, 0.4) is 0 Å². The zero-order chi connectivity index (χ0) is 9.84. The smallest absolute Gasteiger partial charge is 0.545 e. The van der Waals surface area contributed by atoms with E-state index in [2.05, 4.69) is 4.74 Å². The van der Waals surface area contributed by atoms with E-state index < -0.39 is 11.9 Å². The van der Waals surface area contributed by atoms with Crippen LogP contribution >= 0.6 is 0 Å². The number of carbonyl (C=O) groups is 2. The molecule has 0 amide bonds. The van der Waals surface area contributed by atoms with Gasteiger partial charge in [0.2, 0.25) is 0 Å². The summed E-state index contributed by atoms with van der Waals surface area (Å²) in [6.07, 6.45) is 0. The third-order valence-corrected chi connectivity index (χ3v) is 1.54. The van der Waals surface area contributed by atoms with Crippen LogP contribution < -0.4 is 34.7 Å². The average molecular weight is 202 g/mol. The fourth-order valence-electron chi connectivity index (χ4n) is 0.860. The van der Waals surface area contributed by atoms with Gasteiger partial charge in [-0.2, -0.15) is 0 Å². The zero-order valence-corrected chi connectivity index (χ0v) is 9.94. The van der Waals surface area contributed by atoms with Gasteiger partial charge in [0.25, 0.3) is 0 Å². The zero-order valence-electron chi connectivity index (χ0n) is 7.94. The molecule has 0 spiro atoms. The minimum absolute atomic E-state index is 0. The van der Waals surface area contributed by atoms with Crippen LogP contribution in [0.5, 0.6) is 0 Å². The van der Waals surface area contributed by atoms with E-state index in [1.54, 1.807) is 0 Å². The molecule has 0 aliphatic rings. The van der Waals surface area contributed by atoms with Gasteiger partial charge < -0.3 is 14.6 Å². The fourth-order valence-corrected chi connectivity index (χ4v) is 0.860. The molecule has 4 nitrogen and oxygen atoms in total. The van der Waals surface area contributed by atoms with Crippen LogP contribution in [-0.4, -0.2) is 19.0 Å². The molecule has 0 saturated heterocycles. The number of hydrogen-bond acceptors (Lipinski definition) is 4.